The van der Waals surface area contributed by atoms with E-state index >= 15 is 0 Å². The molecule has 1 heterocycles. The molecule has 32 heavy (non-hydrogen) atoms. The van der Waals surface area contributed by atoms with E-state index in [1.807, 2.05) is 6.07 Å². The fourth-order valence-electron chi connectivity index (χ4n) is 3.39. The van der Waals surface area contributed by atoms with Gasteiger partial charge in [-0.05, 0) is 42.8 Å². The standard InChI is InChI=1S/C23H17Cl2N3O4/c24-15-10-11-16(18(25)14-15)22-26-19-7-2-1-6-17(19)23(29)27(22)12-5-13-32-21-9-4-3-8-20(21)28(30)31/h1-4,6-11,14H,5,12-13H2. The molecule has 0 aliphatic heterocycles. The number of benzene rings is 3. The molecule has 0 spiro atoms. The Morgan fingerprint density at radius 1 is 1.03 bits per heavy atom. The minimum absolute atomic E-state index is 0.106. The monoisotopic (exact) mass is 469 g/mol. The number of nitro groups is 1. The van der Waals surface area contributed by atoms with E-state index in [0.29, 0.717) is 38.8 Å². The van der Waals surface area contributed by atoms with Gasteiger partial charge in [-0.25, -0.2) is 4.98 Å². The second-order valence-corrected chi connectivity index (χ2v) is 7.80. The zero-order chi connectivity index (χ0) is 22.7. The van der Waals surface area contributed by atoms with Gasteiger partial charge in [0.2, 0.25) is 0 Å². The van der Waals surface area contributed by atoms with Gasteiger partial charge in [-0.1, -0.05) is 47.5 Å². The average Bonchev–Trinajstić information content (AvgIpc) is 2.78. The number of hydrogen-bond donors (Lipinski definition) is 0. The predicted octanol–water partition coefficient (Wildman–Crippen LogP) is 5.75. The van der Waals surface area contributed by atoms with Crippen molar-refractivity contribution in [2.24, 2.45) is 0 Å². The summed E-state index contributed by atoms with van der Waals surface area (Å²) in [7, 11) is 0. The minimum atomic E-state index is -0.492. The van der Waals surface area contributed by atoms with Crippen LogP contribution in [0, 0.1) is 10.1 Å². The molecule has 0 saturated heterocycles. The Hall–Kier alpha value is -3.42. The van der Waals surface area contributed by atoms with Crippen molar-refractivity contribution < 1.29 is 9.66 Å². The lowest BCUT2D eigenvalue weighted by Gasteiger charge is -2.15. The van der Waals surface area contributed by atoms with Crippen LogP contribution in [0.2, 0.25) is 10.0 Å². The summed E-state index contributed by atoms with van der Waals surface area (Å²) in [5.41, 5.74) is 0.831. The summed E-state index contributed by atoms with van der Waals surface area (Å²) in [5, 5.41) is 12.5. The fraction of sp³-hybridized carbons (Fsp3) is 0.130. The second kappa shape index (κ2) is 9.38. The maximum Gasteiger partial charge on any atom is 0.310 e. The van der Waals surface area contributed by atoms with E-state index in [1.165, 1.54) is 6.07 Å². The number of hydrogen-bond acceptors (Lipinski definition) is 5. The molecule has 0 aliphatic carbocycles. The first-order chi connectivity index (χ1) is 15.5. The van der Waals surface area contributed by atoms with Gasteiger partial charge in [0.1, 0.15) is 5.82 Å². The molecule has 0 aliphatic rings. The molecule has 3 aromatic carbocycles. The molecular formula is C23H17Cl2N3O4. The van der Waals surface area contributed by atoms with Gasteiger partial charge in [-0.2, -0.15) is 0 Å². The number of fused-ring (bicyclic) bond motifs is 1. The second-order valence-electron chi connectivity index (χ2n) is 6.96. The normalized spacial score (nSPS) is 10.9. The van der Waals surface area contributed by atoms with E-state index in [-0.39, 0.29) is 30.1 Å². The molecule has 4 rings (SSSR count). The Morgan fingerprint density at radius 3 is 2.56 bits per heavy atom. The molecule has 0 radical (unpaired) electrons. The maximum absolute atomic E-state index is 13.2. The molecule has 162 valence electrons. The molecule has 9 heteroatoms. The Morgan fingerprint density at radius 2 is 1.78 bits per heavy atom. The van der Waals surface area contributed by atoms with Crippen molar-refractivity contribution >= 4 is 39.8 Å². The van der Waals surface area contributed by atoms with Crippen LogP contribution in [-0.2, 0) is 6.54 Å². The SMILES string of the molecule is O=c1c2ccccc2nc(-c2ccc(Cl)cc2Cl)n1CCCOc1ccccc1[N+](=O)[O-]. The molecule has 0 saturated carbocycles. The first-order valence-electron chi connectivity index (χ1n) is 9.77. The molecule has 0 unspecified atom stereocenters. The van der Waals surface area contributed by atoms with Crippen LogP contribution >= 0.6 is 23.2 Å². The van der Waals surface area contributed by atoms with Gasteiger partial charge >= 0.3 is 5.69 Å². The third-order valence-electron chi connectivity index (χ3n) is 4.88. The van der Waals surface area contributed by atoms with Crippen molar-refractivity contribution in [3.05, 3.63) is 97.2 Å². The molecule has 7 nitrogen and oxygen atoms in total. The lowest BCUT2D eigenvalue weighted by atomic mass is 10.1. The Bertz CT molecular complexity index is 1370. The van der Waals surface area contributed by atoms with Gasteiger partial charge in [-0.3, -0.25) is 19.5 Å². The zero-order valence-corrected chi connectivity index (χ0v) is 18.2. The van der Waals surface area contributed by atoms with Crippen LogP contribution in [0.4, 0.5) is 5.69 Å². The van der Waals surface area contributed by atoms with Crippen molar-refractivity contribution in [1.29, 1.82) is 0 Å². The Kier molecular flexibility index (Phi) is 6.39. The van der Waals surface area contributed by atoms with E-state index in [2.05, 4.69) is 4.98 Å². The van der Waals surface area contributed by atoms with Crippen molar-refractivity contribution in [2.75, 3.05) is 6.61 Å². The van der Waals surface area contributed by atoms with Gasteiger partial charge in [0.05, 0.1) is 27.5 Å². The minimum Gasteiger partial charge on any atom is -0.487 e. The molecule has 0 fully saturated rings. The van der Waals surface area contributed by atoms with Gasteiger partial charge < -0.3 is 4.74 Å². The summed E-state index contributed by atoms with van der Waals surface area (Å²) in [6, 6.07) is 18.3. The number of aromatic nitrogens is 2. The maximum atomic E-state index is 13.2. The zero-order valence-electron chi connectivity index (χ0n) is 16.7. The Balaban J connectivity index is 1.65. The highest BCUT2D eigenvalue weighted by atomic mass is 35.5. The lowest BCUT2D eigenvalue weighted by molar-refractivity contribution is -0.385. The number of para-hydroxylation sites is 3. The van der Waals surface area contributed by atoms with Crippen LogP contribution in [0.3, 0.4) is 0 Å². The van der Waals surface area contributed by atoms with Crippen molar-refractivity contribution in [3.63, 3.8) is 0 Å². The first kappa shape index (κ1) is 21.8. The molecule has 0 bridgehead atoms. The molecule has 1 aromatic heterocycles. The smallest absolute Gasteiger partial charge is 0.310 e. The highest BCUT2D eigenvalue weighted by Gasteiger charge is 2.16. The number of nitrogens with zero attached hydrogens (tertiary/aromatic N) is 3. The van der Waals surface area contributed by atoms with Crippen LogP contribution in [0.5, 0.6) is 5.75 Å². The van der Waals surface area contributed by atoms with Crippen LogP contribution in [-0.4, -0.2) is 21.1 Å². The van der Waals surface area contributed by atoms with E-state index in [9.17, 15) is 14.9 Å². The van der Waals surface area contributed by atoms with Gasteiger partial charge in [0.25, 0.3) is 5.56 Å². The third-order valence-corrected chi connectivity index (χ3v) is 5.43. The van der Waals surface area contributed by atoms with E-state index < -0.39 is 4.92 Å². The van der Waals surface area contributed by atoms with Crippen molar-refractivity contribution in [1.82, 2.24) is 9.55 Å². The average molecular weight is 470 g/mol. The van der Waals surface area contributed by atoms with Crippen LogP contribution in [0.1, 0.15) is 6.42 Å². The number of rotatable bonds is 7. The number of nitro benzene ring substituents is 1. The third kappa shape index (κ3) is 4.44. The topological polar surface area (TPSA) is 87.3 Å². The van der Waals surface area contributed by atoms with Crippen molar-refractivity contribution in [3.8, 4) is 17.1 Å². The lowest BCUT2D eigenvalue weighted by Crippen LogP contribution is -2.24. The summed E-state index contributed by atoms with van der Waals surface area (Å²) < 4.78 is 7.15. The molecule has 0 amide bonds. The molecular weight excluding hydrogens is 453 g/mol. The molecule has 4 aromatic rings. The summed E-state index contributed by atoms with van der Waals surface area (Å²) in [6.45, 7) is 0.462. The number of ether oxygens (including phenoxy) is 1. The van der Waals surface area contributed by atoms with Gasteiger partial charge in [0, 0.05) is 23.2 Å². The summed E-state index contributed by atoms with van der Waals surface area (Å²) in [4.78, 5) is 28.6. The van der Waals surface area contributed by atoms with E-state index in [4.69, 9.17) is 27.9 Å². The van der Waals surface area contributed by atoms with E-state index in [1.54, 1.807) is 59.2 Å². The largest absolute Gasteiger partial charge is 0.487 e. The highest BCUT2D eigenvalue weighted by molar-refractivity contribution is 6.36. The van der Waals surface area contributed by atoms with Crippen molar-refractivity contribution in [2.45, 2.75) is 13.0 Å². The van der Waals surface area contributed by atoms with Gasteiger partial charge in [-0.15, -0.1) is 0 Å². The van der Waals surface area contributed by atoms with Crippen LogP contribution < -0.4 is 10.3 Å². The quantitative estimate of drug-likeness (QED) is 0.195. The summed E-state index contributed by atoms with van der Waals surface area (Å²) in [5.74, 6) is 0.600. The highest BCUT2D eigenvalue weighted by Crippen LogP contribution is 2.30. The summed E-state index contributed by atoms with van der Waals surface area (Å²) >= 11 is 12.4. The summed E-state index contributed by atoms with van der Waals surface area (Å²) in [6.07, 6.45) is 0.421. The Labute approximate surface area is 193 Å². The molecule has 0 N–H and O–H groups in total. The number of halogens is 2. The van der Waals surface area contributed by atoms with Crippen LogP contribution in [0.15, 0.2) is 71.5 Å². The fourth-order valence-corrected chi connectivity index (χ4v) is 3.88. The van der Waals surface area contributed by atoms with Gasteiger partial charge in [0.15, 0.2) is 5.75 Å². The predicted molar refractivity (Wildman–Crippen MR) is 125 cm³/mol. The van der Waals surface area contributed by atoms with Crippen LogP contribution in [0.25, 0.3) is 22.3 Å². The van der Waals surface area contributed by atoms with E-state index in [0.717, 1.165) is 0 Å². The molecule has 0 atom stereocenters. The first-order valence-corrected chi connectivity index (χ1v) is 10.5.